The Hall–Kier alpha value is -2.89. The fourth-order valence-corrected chi connectivity index (χ4v) is 3.73. The van der Waals surface area contributed by atoms with Gasteiger partial charge < -0.3 is 0 Å². The van der Waals surface area contributed by atoms with Crippen molar-refractivity contribution in [2.75, 3.05) is 0 Å². The Kier molecular flexibility index (Phi) is 4.34. The maximum Gasteiger partial charge on any atom is 0.310 e. The zero-order valence-electron chi connectivity index (χ0n) is 14.6. The van der Waals surface area contributed by atoms with Crippen molar-refractivity contribution in [2.45, 2.75) is 37.6 Å². The highest BCUT2D eigenvalue weighted by Crippen LogP contribution is 2.37. The number of alkyl halides is 2. The highest BCUT2D eigenvalue weighted by Gasteiger charge is 2.43. The van der Waals surface area contributed by atoms with Gasteiger partial charge in [-0.1, -0.05) is 42.5 Å². The number of fused-ring (bicyclic) bond motifs is 2. The quantitative estimate of drug-likeness (QED) is 0.649. The summed E-state index contributed by atoms with van der Waals surface area (Å²) in [5.74, 6) is -5.00. The smallest absolute Gasteiger partial charge is 0.296 e. The molecular formula is C21H18F2N2O2. The fourth-order valence-electron chi connectivity index (χ4n) is 3.73. The van der Waals surface area contributed by atoms with E-state index < -0.39 is 24.0 Å². The third-order valence-electron chi connectivity index (χ3n) is 5.06. The van der Waals surface area contributed by atoms with Crippen molar-refractivity contribution in [3.63, 3.8) is 0 Å². The molecule has 3 aromatic rings. The Labute approximate surface area is 154 Å². The molecule has 0 spiro atoms. The Balaban J connectivity index is 1.71. The first-order valence-electron chi connectivity index (χ1n) is 8.94. The minimum Gasteiger partial charge on any atom is -0.296 e. The van der Waals surface area contributed by atoms with Crippen LogP contribution in [0.3, 0.4) is 0 Å². The van der Waals surface area contributed by atoms with E-state index in [0.717, 1.165) is 0 Å². The van der Waals surface area contributed by atoms with Crippen LogP contribution in [0.1, 0.15) is 41.4 Å². The molecule has 6 heteroatoms. The summed E-state index contributed by atoms with van der Waals surface area (Å²) in [5, 5.41) is 0.481. The summed E-state index contributed by atoms with van der Waals surface area (Å²) < 4.78 is 30.9. The van der Waals surface area contributed by atoms with Crippen LogP contribution in [-0.2, 0) is 6.54 Å². The largest absolute Gasteiger partial charge is 0.310 e. The van der Waals surface area contributed by atoms with E-state index in [1.54, 1.807) is 42.5 Å². The molecule has 4 nitrogen and oxygen atoms in total. The maximum atomic E-state index is 14.7. The van der Waals surface area contributed by atoms with Crippen molar-refractivity contribution in [3.05, 3.63) is 76.3 Å². The number of ketones is 1. The Morgan fingerprint density at radius 2 is 1.81 bits per heavy atom. The van der Waals surface area contributed by atoms with Crippen molar-refractivity contribution in [3.8, 4) is 0 Å². The second-order valence-electron chi connectivity index (χ2n) is 6.89. The average Bonchev–Trinajstić information content (AvgIpc) is 2.69. The first kappa shape index (κ1) is 17.5. The normalized spacial score (nSPS) is 16.9. The van der Waals surface area contributed by atoms with E-state index in [9.17, 15) is 18.4 Å². The molecule has 0 N–H and O–H groups in total. The molecule has 0 aliphatic carbocycles. The first-order chi connectivity index (χ1) is 13.0. The summed E-state index contributed by atoms with van der Waals surface area (Å²) in [6.07, 6.45) is 0.432. The van der Waals surface area contributed by atoms with E-state index in [-0.39, 0.29) is 11.1 Å². The van der Waals surface area contributed by atoms with Crippen molar-refractivity contribution >= 4 is 16.7 Å². The SMILES string of the molecule is O=C(c1ccccc1)C(F)(F)CC1CCCn2c1nc1ccccc1c2=O. The van der Waals surface area contributed by atoms with Crippen LogP contribution in [0.5, 0.6) is 0 Å². The molecule has 2 heterocycles. The molecule has 27 heavy (non-hydrogen) atoms. The summed E-state index contributed by atoms with van der Waals surface area (Å²) in [4.78, 5) is 29.5. The number of halogens is 2. The van der Waals surface area contributed by atoms with Crippen LogP contribution < -0.4 is 5.56 Å². The standard InChI is InChI=1S/C21H18F2N2O2/c22-21(23,18(26)14-7-2-1-3-8-14)13-15-9-6-12-25-19(15)24-17-11-5-4-10-16(17)20(25)27/h1-5,7-8,10-11,15H,6,9,12-13H2. The molecule has 0 saturated heterocycles. The van der Waals surface area contributed by atoms with Gasteiger partial charge >= 0.3 is 5.92 Å². The number of carbonyl (C=O) groups excluding carboxylic acids is 1. The number of hydrogen-bond acceptors (Lipinski definition) is 3. The van der Waals surface area contributed by atoms with E-state index in [1.165, 1.54) is 16.7 Å². The topological polar surface area (TPSA) is 52.0 Å². The fraction of sp³-hybridized carbons (Fsp3) is 0.286. The molecule has 0 fully saturated rings. The number of para-hydroxylation sites is 1. The number of Topliss-reactive ketones (excluding diaryl/α,β-unsaturated/α-hetero) is 1. The van der Waals surface area contributed by atoms with Gasteiger partial charge in [0.15, 0.2) is 0 Å². The van der Waals surface area contributed by atoms with Gasteiger partial charge in [-0.2, -0.15) is 8.78 Å². The van der Waals surface area contributed by atoms with Gasteiger partial charge in [0.05, 0.1) is 10.9 Å². The number of carbonyl (C=O) groups is 1. The van der Waals surface area contributed by atoms with E-state index >= 15 is 0 Å². The van der Waals surface area contributed by atoms with Crippen LogP contribution in [0.15, 0.2) is 59.4 Å². The van der Waals surface area contributed by atoms with Crippen LogP contribution in [0.25, 0.3) is 10.9 Å². The van der Waals surface area contributed by atoms with Crippen molar-refractivity contribution < 1.29 is 13.6 Å². The molecule has 0 amide bonds. The molecule has 2 aromatic carbocycles. The van der Waals surface area contributed by atoms with Crippen LogP contribution in [0, 0.1) is 0 Å². The lowest BCUT2D eigenvalue weighted by atomic mass is 9.89. The van der Waals surface area contributed by atoms with Gasteiger partial charge in [0.25, 0.3) is 5.56 Å². The number of rotatable bonds is 4. The van der Waals surface area contributed by atoms with E-state index in [0.29, 0.717) is 36.1 Å². The number of hydrogen-bond donors (Lipinski definition) is 0. The highest BCUT2D eigenvalue weighted by molar-refractivity contribution is 6.01. The van der Waals surface area contributed by atoms with Crippen molar-refractivity contribution in [1.29, 1.82) is 0 Å². The van der Waals surface area contributed by atoms with E-state index in [2.05, 4.69) is 4.98 Å². The first-order valence-corrected chi connectivity index (χ1v) is 8.94. The lowest BCUT2D eigenvalue weighted by Crippen LogP contribution is -2.36. The molecule has 1 atom stereocenters. The molecule has 1 unspecified atom stereocenters. The van der Waals surface area contributed by atoms with Gasteiger partial charge in [0.2, 0.25) is 5.78 Å². The third-order valence-corrected chi connectivity index (χ3v) is 5.06. The minimum atomic E-state index is -3.52. The Morgan fingerprint density at radius 1 is 1.11 bits per heavy atom. The maximum absolute atomic E-state index is 14.7. The monoisotopic (exact) mass is 368 g/mol. The van der Waals surface area contributed by atoms with Crippen molar-refractivity contribution in [1.82, 2.24) is 9.55 Å². The van der Waals surface area contributed by atoms with Crippen LogP contribution in [0.2, 0.25) is 0 Å². The summed E-state index contributed by atoms with van der Waals surface area (Å²) >= 11 is 0. The average molecular weight is 368 g/mol. The van der Waals surface area contributed by atoms with Crippen molar-refractivity contribution in [2.24, 2.45) is 0 Å². The zero-order chi connectivity index (χ0) is 19.0. The van der Waals surface area contributed by atoms with Crippen LogP contribution in [0.4, 0.5) is 8.78 Å². The predicted octanol–water partition coefficient (Wildman–Crippen LogP) is 4.18. The lowest BCUT2D eigenvalue weighted by Gasteiger charge is -2.28. The molecule has 0 saturated carbocycles. The third kappa shape index (κ3) is 3.16. The van der Waals surface area contributed by atoms with Gasteiger partial charge in [0.1, 0.15) is 5.82 Å². The molecule has 1 aromatic heterocycles. The minimum absolute atomic E-state index is 0.0119. The zero-order valence-corrected chi connectivity index (χ0v) is 14.6. The van der Waals surface area contributed by atoms with Gasteiger partial charge in [-0.05, 0) is 25.0 Å². The van der Waals surface area contributed by atoms with E-state index in [1.807, 2.05) is 0 Å². The molecule has 1 aliphatic rings. The van der Waals surface area contributed by atoms with Gasteiger partial charge in [-0.25, -0.2) is 4.98 Å². The molecule has 138 valence electrons. The number of nitrogens with zero attached hydrogens (tertiary/aromatic N) is 2. The number of benzene rings is 2. The molecule has 0 bridgehead atoms. The molecular weight excluding hydrogens is 350 g/mol. The Morgan fingerprint density at radius 3 is 2.59 bits per heavy atom. The van der Waals surface area contributed by atoms with Gasteiger partial charge in [-0.3, -0.25) is 14.2 Å². The second kappa shape index (κ2) is 6.68. The van der Waals surface area contributed by atoms with E-state index in [4.69, 9.17) is 0 Å². The molecule has 1 aliphatic heterocycles. The van der Waals surface area contributed by atoms with Crippen LogP contribution >= 0.6 is 0 Å². The molecule has 4 rings (SSSR count). The summed E-state index contributed by atoms with van der Waals surface area (Å²) in [7, 11) is 0. The second-order valence-corrected chi connectivity index (χ2v) is 6.89. The number of aromatic nitrogens is 2. The van der Waals surface area contributed by atoms with Gasteiger partial charge in [0, 0.05) is 24.4 Å². The molecule has 0 radical (unpaired) electrons. The highest BCUT2D eigenvalue weighted by atomic mass is 19.3. The summed E-state index contributed by atoms with van der Waals surface area (Å²) in [5.41, 5.74) is 0.276. The Bertz CT molecular complexity index is 1060. The summed E-state index contributed by atoms with van der Waals surface area (Å²) in [6.45, 7) is 0.459. The van der Waals surface area contributed by atoms with Crippen LogP contribution in [-0.4, -0.2) is 21.3 Å². The summed E-state index contributed by atoms with van der Waals surface area (Å²) in [6, 6.07) is 14.5. The lowest BCUT2D eigenvalue weighted by molar-refractivity contribution is -0.00174. The predicted molar refractivity (Wildman–Crippen MR) is 98.3 cm³/mol. The van der Waals surface area contributed by atoms with Gasteiger partial charge in [-0.15, -0.1) is 0 Å².